The van der Waals surface area contributed by atoms with Crippen molar-refractivity contribution in [3.63, 3.8) is 0 Å². The first kappa shape index (κ1) is 19.6. The number of rotatable bonds is 7. The maximum absolute atomic E-state index is 11.4. The Morgan fingerprint density at radius 2 is 1.85 bits per heavy atom. The van der Waals surface area contributed by atoms with Gasteiger partial charge in [0.05, 0.1) is 11.8 Å². The Morgan fingerprint density at radius 3 is 2.52 bits per heavy atom. The number of ether oxygens (including phenoxy) is 1. The molecule has 2 aromatic carbocycles. The number of nitrogens with zero attached hydrogens (tertiary/aromatic N) is 1. The van der Waals surface area contributed by atoms with Crippen LogP contribution in [0.15, 0.2) is 53.6 Å². The van der Waals surface area contributed by atoms with Crippen molar-refractivity contribution in [1.29, 1.82) is 0 Å². The van der Waals surface area contributed by atoms with Crippen molar-refractivity contribution >= 4 is 24.0 Å². The Morgan fingerprint density at radius 1 is 1.11 bits per heavy atom. The van der Waals surface area contributed by atoms with Gasteiger partial charge in [0.2, 0.25) is 0 Å². The third-order valence-electron chi connectivity index (χ3n) is 3.39. The van der Waals surface area contributed by atoms with Crippen molar-refractivity contribution in [2.24, 2.45) is 5.10 Å². The van der Waals surface area contributed by atoms with Gasteiger partial charge in [-0.25, -0.2) is 10.2 Å². The molecular weight excluding hydrogens is 350 g/mol. The molecule has 0 aliphatic heterocycles. The van der Waals surface area contributed by atoms with E-state index in [1.165, 1.54) is 18.3 Å². The van der Waals surface area contributed by atoms with Gasteiger partial charge in [0, 0.05) is 6.54 Å². The summed E-state index contributed by atoms with van der Waals surface area (Å²) in [5, 5.41) is 15.0. The SMILES string of the molecule is CCNC(=O)C(=O)N/N=C\c1cccc(OCc2ccc(C(=O)O)cc2)c1. The number of hydrazone groups is 1. The first-order valence-corrected chi connectivity index (χ1v) is 8.16. The molecule has 140 valence electrons. The standard InChI is InChI=1S/C19H19N3O5/c1-2-20-17(23)18(24)22-21-11-14-4-3-5-16(10-14)27-12-13-6-8-15(9-7-13)19(25)26/h3-11H,2,12H2,1H3,(H,20,23)(H,22,24)(H,25,26)/b21-11-. The second-order valence-corrected chi connectivity index (χ2v) is 5.42. The van der Waals surface area contributed by atoms with Gasteiger partial charge in [0.15, 0.2) is 0 Å². The highest BCUT2D eigenvalue weighted by atomic mass is 16.5. The normalized spacial score (nSPS) is 10.4. The number of carbonyl (C=O) groups excluding carboxylic acids is 2. The Kier molecular flexibility index (Phi) is 7.07. The van der Waals surface area contributed by atoms with Gasteiger partial charge in [-0.05, 0) is 42.3 Å². The van der Waals surface area contributed by atoms with Crippen molar-refractivity contribution < 1.29 is 24.2 Å². The zero-order valence-electron chi connectivity index (χ0n) is 14.6. The van der Waals surface area contributed by atoms with E-state index >= 15 is 0 Å². The Bertz CT molecular complexity index is 847. The molecule has 2 aromatic rings. The molecule has 0 atom stereocenters. The van der Waals surface area contributed by atoms with Gasteiger partial charge in [-0.2, -0.15) is 5.10 Å². The number of likely N-dealkylation sites (N-methyl/N-ethyl adjacent to an activating group) is 1. The number of carboxylic acid groups (broad SMARTS) is 1. The molecule has 0 radical (unpaired) electrons. The molecule has 0 bridgehead atoms. The van der Waals surface area contributed by atoms with Crippen LogP contribution in [0, 0.1) is 0 Å². The van der Waals surface area contributed by atoms with Crippen LogP contribution in [-0.2, 0) is 16.2 Å². The third kappa shape index (κ3) is 6.28. The van der Waals surface area contributed by atoms with E-state index in [9.17, 15) is 14.4 Å². The summed E-state index contributed by atoms with van der Waals surface area (Å²) in [5.74, 6) is -1.99. The van der Waals surface area contributed by atoms with Crippen LogP contribution in [0.4, 0.5) is 0 Å². The van der Waals surface area contributed by atoms with Gasteiger partial charge in [-0.15, -0.1) is 0 Å². The summed E-state index contributed by atoms with van der Waals surface area (Å²) < 4.78 is 5.67. The number of carbonyl (C=O) groups is 3. The first-order valence-electron chi connectivity index (χ1n) is 8.16. The smallest absolute Gasteiger partial charge is 0.335 e. The predicted octanol–water partition coefficient (Wildman–Crippen LogP) is 1.55. The third-order valence-corrected chi connectivity index (χ3v) is 3.39. The van der Waals surface area contributed by atoms with Crippen molar-refractivity contribution in [1.82, 2.24) is 10.7 Å². The van der Waals surface area contributed by atoms with Gasteiger partial charge in [-0.1, -0.05) is 24.3 Å². The minimum atomic E-state index is -0.978. The molecular formula is C19H19N3O5. The summed E-state index contributed by atoms with van der Waals surface area (Å²) >= 11 is 0. The van der Waals surface area contributed by atoms with Crippen LogP contribution in [0.25, 0.3) is 0 Å². The second kappa shape index (κ2) is 9.71. The lowest BCUT2D eigenvalue weighted by atomic mass is 10.1. The fourth-order valence-electron chi connectivity index (χ4n) is 2.05. The van der Waals surface area contributed by atoms with Crippen LogP contribution >= 0.6 is 0 Å². The van der Waals surface area contributed by atoms with Gasteiger partial charge in [-0.3, -0.25) is 9.59 Å². The van der Waals surface area contributed by atoms with E-state index < -0.39 is 17.8 Å². The zero-order chi connectivity index (χ0) is 19.6. The Hall–Kier alpha value is -3.68. The number of nitrogens with one attached hydrogen (secondary N) is 2. The molecule has 0 saturated carbocycles. The van der Waals surface area contributed by atoms with Gasteiger partial charge in [0.1, 0.15) is 12.4 Å². The topological polar surface area (TPSA) is 117 Å². The average molecular weight is 369 g/mol. The molecule has 27 heavy (non-hydrogen) atoms. The minimum Gasteiger partial charge on any atom is -0.489 e. The molecule has 3 N–H and O–H groups in total. The number of carboxylic acids is 1. The van der Waals surface area contributed by atoms with Crippen molar-refractivity contribution in [3.05, 3.63) is 65.2 Å². The maximum atomic E-state index is 11.4. The highest BCUT2D eigenvalue weighted by Gasteiger charge is 2.10. The molecule has 8 nitrogen and oxygen atoms in total. The lowest BCUT2D eigenvalue weighted by molar-refractivity contribution is -0.139. The Labute approximate surface area is 155 Å². The summed E-state index contributed by atoms with van der Waals surface area (Å²) in [5.41, 5.74) is 3.85. The van der Waals surface area contributed by atoms with Crippen LogP contribution in [-0.4, -0.2) is 35.6 Å². The van der Waals surface area contributed by atoms with Gasteiger partial charge in [0.25, 0.3) is 0 Å². The van der Waals surface area contributed by atoms with E-state index in [0.29, 0.717) is 17.9 Å². The van der Waals surface area contributed by atoms with Crippen LogP contribution in [0.3, 0.4) is 0 Å². The lowest BCUT2D eigenvalue weighted by Crippen LogP contribution is -2.37. The first-order chi connectivity index (χ1) is 13.0. The van der Waals surface area contributed by atoms with Crippen LogP contribution in [0.2, 0.25) is 0 Å². The van der Waals surface area contributed by atoms with E-state index in [1.54, 1.807) is 43.3 Å². The highest BCUT2D eigenvalue weighted by Crippen LogP contribution is 2.14. The van der Waals surface area contributed by atoms with Crippen LogP contribution < -0.4 is 15.5 Å². The number of amides is 2. The molecule has 0 fully saturated rings. The number of hydrogen-bond acceptors (Lipinski definition) is 5. The molecule has 0 aromatic heterocycles. The molecule has 0 spiro atoms. The fraction of sp³-hybridized carbons (Fsp3) is 0.158. The van der Waals surface area contributed by atoms with Gasteiger partial charge < -0.3 is 15.2 Å². The highest BCUT2D eigenvalue weighted by molar-refractivity contribution is 6.35. The van der Waals surface area contributed by atoms with E-state index in [-0.39, 0.29) is 12.2 Å². The quantitative estimate of drug-likeness (QED) is 0.389. The van der Waals surface area contributed by atoms with Gasteiger partial charge >= 0.3 is 17.8 Å². The predicted molar refractivity (Wildman–Crippen MR) is 98.6 cm³/mol. The van der Waals surface area contributed by atoms with Crippen molar-refractivity contribution in [3.8, 4) is 5.75 Å². The summed E-state index contributed by atoms with van der Waals surface area (Å²) in [6.07, 6.45) is 1.39. The molecule has 0 unspecified atom stereocenters. The van der Waals surface area contributed by atoms with Crippen molar-refractivity contribution in [2.45, 2.75) is 13.5 Å². The van der Waals surface area contributed by atoms with E-state index in [1.807, 2.05) is 0 Å². The maximum Gasteiger partial charge on any atom is 0.335 e. The second-order valence-electron chi connectivity index (χ2n) is 5.42. The number of aromatic carboxylic acids is 1. The molecule has 0 saturated heterocycles. The fourth-order valence-corrected chi connectivity index (χ4v) is 2.05. The minimum absolute atomic E-state index is 0.214. The average Bonchev–Trinajstić information content (AvgIpc) is 2.67. The largest absolute Gasteiger partial charge is 0.489 e. The van der Waals surface area contributed by atoms with E-state index in [2.05, 4.69) is 15.8 Å². The molecule has 0 heterocycles. The van der Waals surface area contributed by atoms with Crippen molar-refractivity contribution in [2.75, 3.05) is 6.54 Å². The van der Waals surface area contributed by atoms with E-state index in [4.69, 9.17) is 9.84 Å². The van der Waals surface area contributed by atoms with Crippen LogP contribution in [0.1, 0.15) is 28.4 Å². The number of hydrogen-bond donors (Lipinski definition) is 3. The summed E-state index contributed by atoms with van der Waals surface area (Å²) in [6.45, 7) is 2.34. The summed E-state index contributed by atoms with van der Waals surface area (Å²) in [7, 11) is 0. The molecule has 2 rings (SSSR count). The van der Waals surface area contributed by atoms with E-state index in [0.717, 1.165) is 5.56 Å². The van der Waals surface area contributed by atoms with Crippen LogP contribution in [0.5, 0.6) is 5.75 Å². The molecule has 8 heteroatoms. The molecule has 0 aliphatic carbocycles. The molecule has 0 aliphatic rings. The zero-order valence-corrected chi connectivity index (χ0v) is 14.6. The Balaban J connectivity index is 1.91. The molecule has 2 amide bonds. The lowest BCUT2D eigenvalue weighted by Gasteiger charge is -2.07. The number of benzene rings is 2. The monoisotopic (exact) mass is 369 g/mol. The summed E-state index contributed by atoms with van der Waals surface area (Å²) in [6, 6.07) is 13.4. The summed E-state index contributed by atoms with van der Waals surface area (Å²) in [4.78, 5) is 33.5.